The molecule has 6 saturated heterocycles. The molecule has 0 spiro atoms. The SMILES string of the molecule is Cc1ccc(-c2cc(NC(=O)c3ccc(O[C@@H]4CCNC4)c(-c4ccc(F)c(F)c4)c3)ccc2O[C@@H]2CCNC2)cc1.Cc1ccc(-c2cc(NC(=O)c3ccc(O[C@@H]4CCNC4)c(-c4ccc(F)c(F)c4)c3)ccc2O[C@H]2CCNC2)cc1.Cc1ccc(-c2cc(NC(=O)c3ccc(O[C@H]4CCNC4)c(-c4ccc(F)c(F)c4)c3)ccc2O[C@@H]2CCNC2)cc1. The van der Waals surface area contributed by atoms with Crippen molar-refractivity contribution in [2.75, 3.05) is 94.5 Å². The van der Waals surface area contributed by atoms with Crippen LogP contribution >= 0.6 is 0 Å². The fraction of sp³-hybridized carbons (Fsp3) is 0.265. The summed E-state index contributed by atoms with van der Waals surface area (Å²) in [7, 11) is 0. The maximum Gasteiger partial charge on any atom is 0.255 e. The Morgan fingerprint density at radius 3 is 0.659 bits per heavy atom. The van der Waals surface area contributed by atoms with E-state index in [-0.39, 0.29) is 54.3 Å². The molecule has 18 nitrogen and oxygen atoms in total. The molecule has 0 aliphatic carbocycles. The molecule has 0 bridgehead atoms. The zero-order valence-electron chi connectivity index (χ0n) is 70.2. The Kier molecular flexibility index (Phi) is 27.8. The minimum absolute atomic E-state index is 0.0466. The summed E-state index contributed by atoms with van der Waals surface area (Å²) < 4.78 is 121. The van der Waals surface area contributed by atoms with Crippen LogP contribution in [0.25, 0.3) is 66.8 Å². The van der Waals surface area contributed by atoms with E-state index in [1.807, 2.05) is 148 Å². The summed E-state index contributed by atoms with van der Waals surface area (Å²) in [5.74, 6) is -2.90. The highest BCUT2D eigenvalue weighted by Gasteiger charge is 2.28. The molecular formula is C102H99F6N9O9. The monoisotopic (exact) mass is 1710 g/mol. The van der Waals surface area contributed by atoms with Gasteiger partial charge in [-0.3, -0.25) is 14.4 Å². The van der Waals surface area contributed by atoms with Gasteiger partial charge in [-0.2, -0.15) is 0 Å². The molecule has 126 heavy (non-hydrogen) atoms. The van der Waals surface area contributed by atoms with Crippen LogP contribution in [0.2, 0.25) is 0 Å². The third-order valence-electron chi connectivity index (χ3n) is 23.1. The quantitative estimate of drug-likeness (QED) is 0.0257. The van der Waals surface area contributed by atoms with Crippen molar-refractivity contribution in [2.45, 2.75) is 95.9 Å². The molecular weight excluding hydrogens is 1610 g/mol. The van der Waals surface area contributed by atoms with Crippen LogP contribution in [0.5, 0.6) is 34.5 Å². The van der Waals surface area contributed by atoms with Crippen molar-refractivity contribution in [2.24, 2.45) is 0 Å². The summed E-state index contributed by atoms with van der Waals surface area (Å²) >= 11 is 0. The Labute approximate surface area is 728 Å². The van der Waals surface area contributed by atoms with Gasteiger partial charge in [0.05, 0.1) is 0 Å². The minimum atomic E-state index is -0.963. The molecule has 9 N–H and O–H groups in total. The van der Waals surface area contributed by atoms with E-state index in [1.165, 1.54) is 18.2 Å². The fourth-order valence-corrected chi connectivity index (χ4v) is 16.1. The van der Waals surface area contributed by atoms with Gasteiger partial charge in [-0.05, 0) is 278 Å². The molecule has 6 aliphatic heterocycles. The van der Waals surface area contributed by atoms with Gasteiger partial charge < -0.3 is 76.3 Å². The first-order valence-electron chi connectivity index (χ1n) is 42.9. The van der Waals surface area contributed by atoms with Gasteiger partial charge in [0, 0.05) is 106 Å². The summed E-state index contributed by atoms with van der Waals surface area (Å²) in [6, 6.07) is 67.7. The van der Waals surface area contributed by atoms with Crippen molar-refractivity contribution in [1.29, 1.82) is 0 Å². The van der Waals surface area contributed by atoms with Crippen molar-refractivity contribution in [1.82, 2.24) is 31.9 Å². The molecule has 6 aliphatic rings. The summed E-state index contributed by atoms with van der Waals surface area (Å²) in [5, 5.41) is 28.8. The van der Waals surface area contributed by atoms with Crippen LogP contribution in [0.15, 0.2) is 237 Å². The largest absolute Gasteiger partial charge is 0.488 e. The van der Waals surface area contributed by atoms with E-state index in [0.29, 0.717) is 104 Å². The normalized spacial score (nSPS) is 18.2. The highest BCUT2D eigenvalue weighted by molar-refractivity contribution is 6.08. The van der Waals surface area contributed by atoms with E-state index in [4.69, 9.17) is 28.4 Å². The number of anilines is 3. The maximum atomic E-state index is 14.2. The van der Waals surface area contributed by atoms with Crippen LogP contribution in [-0.4, -0.2) is 133 Å². The van der Waals surface area contributed by atoms with E-state index in [2.05, 4.69) is 47.9 Å². The van der Waals surface area contributed by atoms with E-state index < -0.39 is 34.9 Å². The van der Waals surface area contributed by atoms with Crippen LogP contribution in [-0.2, 0) is 0 Å². The number of carbonyl (C=O) groups excluding carboxylic acids is 3. The van der Waals surface area contributed by atoms with Crippen LogP contribution in [0.3, 0.4) is 0 Å². The van der Waals surface area contributed by atoms with E-state index in [1.54, 1.807) is 54.6 Å². The van der Waals surface area contributed by atoms with Crippen molar-refractivity contribution >= 4 is 34.8 Å². The van der Waals surface area contributed by atoms with Crippen LogP contribution < -0.4 is 76.3 Å². The highest BCUT2D eigenvalue weighted by atomic mass is 19.2. The lowest BCUT2D eigenvalue weighted by molar-refractivity contribution is 0.101. The lowest BCUT2D eigenvalue weighted by Crippen LogP contribution is -2.20. The highest BCUT2D eigenvalue weighted by Crippen LogP contribution is 2.42. The molecule has 6 atom stereocenters. The fourth-order valence-electron chi connectivity index (χ4n) is 16.1. The number of carbonyl (C=O) groups is 3. The number of aryl methyl sites for hydroxylation is 3. The number of rotatable bonds is 24. The summed E-state index contributed by atoms with van der Waals surface area (Å²) in [5.41, 5.74) is 14.8. The Morgan fingerprint density at radius 2 is 0.452 bits per heavy atom. The zero-order chi connectivity index (χ0) is 87.2. The molecule has 24 heteroatoms. The van der Waals surface area contributed by atoms with Crippen molar-refractivity contribution in [3.63, 3.8) is 0 Å². The third kappa shape index (κ3) is 21.9. The first-order chi connectivity index (χ1) is 61.3. The van der Waals surface area contributed by atoms with E-state index in [9.17, 15) is 40.7 Å². The average molecular weight is 1710 g/mol. The topological polar surface area (TPSA) is 215 Å². The standard InChI is InChI=1S/3C34H33F2N3O3/c3*1-21-2-4-22(5-3-21)29-18-25(8-11-33(29)42-27-13-15-38-20-27)39-34(40)24-7-10-32(41-26-12-14-37-19-26)28(16-24)23-6-9-30(35)31(36)17-23/h3*2-11,16-18,26-27,37-38H,12-15,19-20H2,1H3,(H,39,40)/t2*26-,27+;26-,27-/m101/s1. The molecule has 0 radical (unpaired) electrons. The maximum absolute atomic E-state index is 14.2. The molecule has 6 fully saturated rings. The molecule has 3 amide bonds. The second-order valence-electron chi connectivity index (χ2n) is 32.5. The van der Waals surface area contributed by atoms with Crippen molar-refractivity contribution in [3.8, 4) is 101 Å². The predicted molar refractivity (Wildman–Crippen MR) is 481 cm³/mol. The molecule has 0 unspecified atom stereocenters. The first-order valence-corrected chi connectivity index (χ1v) is 42.9. The predicted octanol–water partition coefficient (Wildman–Crippen LogP) is 19.0. The molecule has 0 aromatic heterocycles. The average Bonchev–Trinajstić information content (AvgIpc) is 0.918. The van der Waals surface area contributed by atoms with Crippen molar-refractivity contribution < 1.29 is 69.1 Å². The van der Waals surface area contributed by atoms with Gasteiger partial charge in [-0.15, -0.1) is 0 Å². The van der Waals surface area contributed by atoms with Crippen LogP contribution in [0.4, 0.5) is 43.4 Å². The Morgan fingerprint density at radius 1 is 0.246 bits per heavy atom. The van der Waals surface area contributed by atoms with Gasteiger partial charge in [0.25, 0.3) is 17.7 Å². The van der Waals surface area contributed by atoms with Crippen molar-refractivity contribution in [3.05, 3.63) is 305 Å². The number of benzene rings is 12. The number of hydrogen-bond acceptors (Lipinski definition) is 15. The number of halogens is 6. The van der Waals surface area contributed by atoms with Gasteiger partial charge in [-0.25, -0.2) is 26.3 Å². The second kappa shape index (κ2) is 40.4. The Balaban J connectivity index is 0.000000139. The first kappa shape index (κ1) is 86.7. The Bertz CT molecular complexity index is 5310. The second-order valence-corrected chi connectivity index (χ2v) is 32.5. The van der Waals surface area contributed by atoms with Crippen LogP contribution in [0.1, 0.15) is 86.3 Å². The summed E-state index contributed by atoms with van der Waals surface area (Å²) in [6.07, 6.45) is 5.42. The lowest BCUT2D eigenvalue weighted by Gasteiger charge is -2.19. The molecule has 18 rings (SSSR count). The summed E-state index contributed by atoms with van der Waals surface area (Å²) in [6.45, 7) is 15.9. The number of nitrogens with one attached hydrogen (secondary N) is 9. The summed E-state index contributed by atoms with van der Waals surface area (Å²) in [4.78, 5) is 40.5. The zero-order valence-corrected chi connectivity index (χ0v) is 70.2. The van der Waals surface area contributed by atoms with Gasteiger partial charge in [0.2, 0.25) is 0 Å². The Hall–Kier alpha value is -12.8. The molecule has 6 heterocycles. The smallest absolute Gasteiger partial charge is 0.255 e. The molecule has 12 aromatic rings. The number of ether oxygens (including phenoxy) is 6. The number of hydrogen-bond donors (Lipinski definition) is 9. The van der Waals surface area contributed by atoms with Gasteiger partial charge in [0.1, 0.15) is 71.1 Å². The van der Waals surface area contributed by atoms with Gasteiger partial charge in [0.15, 0.2) is 34.9 Å². The van der Waals surface area contributed by atoms with E-state index in [0.717, 1.165) is 201 Å². The molecule has 12 aromatic carbocycles. The molecule has 648 valence electrons. The van der Waals surface area contributed by atoms with Gasteiger partial charge >= 0.3 is 0 Å². The minimum Gasteiger partial charge on any atom is -0.488 e. The van der Waals surface area contributed by atoms with Crippen LogP contribution in [0, 0.1) is 55.7 Å². The van der Waals surface area contributed by atoms with Gasteiger partial charge in [-0.1, -0.05) is 108 Å². The number of amides is 3. The third-order valence-corrected chi connectivity index (χ3v) is 23.1. The van der Waals surface area contributed by atoms with E-state index >= 15 is 0 Å². The molecule has 0 saturated carbocycles. The lowest BCUT2D eigenvalue weighted by atomic mass is 10.0.